The van der Waals surface area contributed by atoms with Crippen LogP contribution in [0.3, 0.4) is 0 Å². The van der Waals surface area contributed by atoms with Crippen LogP contribution in [0.15, 0.2) is 24.3 Å². The molecule has 0 atom stereocenters. The SMILES string of the molecule is O=C1CCCCCCCNc2ccc1cc2. The molecular formula is C14H19NO. The summed E-state index contributed by atoms with van der Waals surface area (Å²) in [5.74, 6) is 0.283. The summed E-state index contributed by atoms with van der Waals surface area (Å²) in [6, 6.07) is 7.88. The van der Waals surface area contributed by atoms with Crippen LogP contribution in [0.25, 0.3) is 0 Å². The van der Waals surface area contributed by atoms with Gasteiger partial charge in [-0.3, -0.25) is 4.79 Å². The topological polar surface area (TPSA) is 29.1 Å². The Morgan fingerprint density at radius 1 is 0.875 bits per heavy atom. The van der Waals surface area contributed by atoms with Crippen LogP contribution in [-0.4, -0.2) is 12.3 Å². The van der Waals surface area contributed by atoms with E-state index in [9.17, 15) is 4.79 Å². The van der Waals surface area contributed by atoms with Gasteiger partial charge >= 0.3 is 0 Å². The number of anilines is 1. The van der Waals surface area contributed by atoms with Crippen LogP contribution < -0.4 is 5.32 Å². The van der Waals surface area contributed by atoms with E-state index in [1.165, 1.54) is 25.7 Å². The highest BCUT2D eigenvalue weighted by molar-refractivity contribution is 5.96. The summed E-state index contributed by atoms with van der Waals surface area (Å²) in [7, 11) is 0. The van der Waals surface area contributed by atoms with Gasteiger partial charge in [-0.2, -0.15) is 0 Å². The first kappa shape index (κ1) is 11.2. The average molecular weight is 217 g/mol. The molecule has 2 aliphatic heterocycles. The predicted octanol–water partition coefficient (Wildman–Crippen LogP) is 3.64. The highest BCUT2D eigenvalue weighted by Gasteiger charge is 2.06. The molecule has 2 heteroatoms. The molecule has 0 radical (unpaired) electrons. The minimum atomic E-state index is 0.283. The molecule has 1 N–H and O–H groups in total. The molecule has 0 spiro atoms. The summed E-state index contributed by atoms with van der Waals surface area (Å²) in [5, 5.41) is 3.38. The minimum absolute atomic E-state index is 0.283. The second kappa shape index (κ2) is 5.69. The first-order valence-electron chi connectivity index (χ1n) is 6.23. The van der Waals surface area contributed by atoms with Crippen LogP contribution >= 0.6 is 0 Å². The van der Waals surface area contributed by atoms with Crippen molar-refractivity contribution in [1.82, 2.24) is 0 Å². The summed E-state index contributed by atoms with van der Waals surface area (Å²) in [6.45, 7) is 1.04. The third-order valence-corrected chi connectivity index (χ3v) is 3.12. The Balaban J connectivity index is 2.08. The molecule has 2 heterocycles. The quantitative estimate of drug-likeness (QED) is 0.719. The van der Waals surface area contributed by atoms with Gasteiger partial charge in [-0.15, -0.1) is 0 Å². The van der Waals surface area contributed by atoms with E-state index < -0.39 is 0 Å². The number of carbonyl (C=O) groups excluding carboxylic acids is 1. The molecule has 16 heavy (non-hydrogen) atoms. The molecular weight excluding hydrogens is 198 g/mol. The molecule has 2 bridgehead atoms. The maximum atomic E-state index is 11.8. The van der Waals surface area contributed by atoms with Gasteiger partial charge in [0.15, 0.2) is 5.78 Å². The smallest absolute Gasteiger partial charge is 0.162 e. The van der Waals surface area contributed by atoms with E-state index in [0.717, 1.165) is 24.2 Å². The number of hydrogen-bond acceptors (Lipinski definition) is 2. The van der Waals surface area contributed by atoms with Gasteiger partial charge in [-0.1, -0.05) is 19.3 Å². The van der Waals surface area contributed by atoms with Crippen molar-refractivity contribution in [3.05, 3.63) is 29.8 Å². The van der Waals surface area contributed by atoms with Crippen LogP contribution in [0.4, 0.5) is 5.69 Å². The number of benzene rings is 1. The van der Waals surface area contributed by atoms with Crippen molar-refractivity contribution in [2.75, 3.05) is 11.9 Å². The lowest BCUT2D eigenvalue weighted by Crippen LogP contribution is -2.01. The predicted molar refractivity (Wildman–Crippen MR) is 67.0 cm³/mol. The molecule has 1 aromatic carbocycles. The van der Waals surface area contributed by atoms with Crippen molar-refractivity contribution >= 4 is 11.5 Å². The second-order valence-corrected chi connectivity index (χ2v) is 4.45. The van der Waals surface area contributed by atoms with Crippen molar-refractivity contribution < 1.29 is 4.79 Å². The molecule has 1 aromatic rings. The Morgan fingerprint density at radius 3 is 2.38 bits per heavy atom. The zero-order chi connectivity index (χ0) is 11.2. The summed E-state index contributed by atoms with van der Waals surface area (Å²) in [5.41, 5.74) is 1.97. The van der Waals surface area contributed by atoms with Crippen molar-refractivity contribution in [1.29, 1.82) is 0 Å². The molecule has 0 fully saturated rings. The number of fused-ring (bicyclic) bond motifs is 10. The number of carbonyl (C=O) groups is 1. The van der Waals surface area contributed by atoms with Gasteiger partial charge in [-0.25, -0.2) is 0 Å². The first-order chi connectivity index (χ1) is 7.86. The van der Waals surface area contributed by atoms with E-state index in [4.69, 9.17) is 0 Å². The van der Waals surface area contributed by atoms with Crippen molar-refractivity contribution in [3.8, 4) is 0 Å². The van der Waals surface area contributed by atoms with E-state index in [1.54, 1.807) is 0 Å². The normalized spacial score (nSPS) is 18.1. The van der Waals surface area contributed by atoms with Gasteiger partial charge in [-0.05, 0) is 37.1 Å². The molecule has 0 saturated carbocycles. The van der Waals surface area contributed by atoms with Crippen LogP contribution in [0.5, 0.6) is 0 Å². The molecule has 3 rings (SSSR count). The zero-order valence-electron chi connectivity index (χ0n) is 9.67. The number of rotatable bonds is 0. The molecule has 2 nitrogen and oxygen atoms in total. The van der Waals surface area contributed by atoms with Crippen LogP contribution in [-0.2, 0) is 0 Å². The fraction of sp³-hybridized carbons (Fsp3) is 0.500. The number of ketones is 1. The van der Waals surface area contributed by atoms with Crippen molar-refractivity contribution in [3.63, 3.8) is 0 Å². The van der Waals surface area contributed by atoms with Crippen molar-refractivity contribution in [2.45, 2.75) is 38.5 Å². The van der Waals surface area contributed by atoms with E-state index in [2.05, 4.69) is 5.32 Å². The Labute approximate surface area is 97.1 Å². The van der Waals surface area contributed by atoms with Gasteiger partial charge in [0.1, 0.15) is 0 Å². The molecule has 0 aromatic heterocycles. The molecule has 0 aliphatic carbocycles. The van der Waals surface area contributed by atoms with Gasteiger partial charge in [0.05, 0.1) is 0 Å². The highest BCUT2D eigenvalue weighted by Crippen LogP contribution is 2.15. The largest absolute Gasteiger partial charge is 0.385 e. The van der Waals surface area contributed by atoms with Crippen LogP contribution in [0.1, 0.15) is 48.9 Å². The lowest BCUT2D eigenvalue weighted by Gasteiger charge is -2.05. The maximum Gasteiger partial charge on any atom is 0.162 e. The lowest BCUT2D eigenvalue weighted by molar-refractivity contribution is 0.0979. The molecule has 0 saturated heterocycles. The van der Waals surface area contributed by atoms with Gasteiger partial charge in [0, 0.05) is 24.2 Å². The molecule has 86 valence electrons. The average Bonchev–Trinajstić information content (AvgIpc) is 2.34. The monoisotopic (exact) mass is 217 g/mol. The third-order valence-electron chi connectivity index (χ3n) is 3.12. The van der Waals surface area contributed by atoms with Crippen LogP contribution in [0, 0.1) is 0 Å². The lowest BCUT2D eigenvalue weighted by atomic mass is 10.0. The summed E-state index contributed by atoms with van der Waals surface area (Å²) < 4.78 is 0. The number of hydrogen-bond donors (Lipinski definition) is 1. The summed E-state index contributed by atoms with van der Waals surface area (Å²) >= 11 is 0. The van der Waals surface area contributed by atoms with Crippen LogP contribution in [0.2, 0.25) is 0 Å². The highest BCUT2D eigenvalue weighted by atomic mass is 16.1. The van der Waals surface area contributed by atoms with E-state index in [1.807, 2.05) is 24.3 Å². The zero-order valence-corrected chi connectivity index (χ0v) is 9.67. The number of nitrogens with one attached hydrogen (secondary N) is 1. The Bertz CT molecular complexity index is 342. The Hall–Kier alpha value is -1.31. The van der Waals surface area contributed by atoms with E-state index in [0.29, 0.717) is 6.42 Å². The standard InChI is InChI=1S/C14H19NO/c16-14-6-4-2-1-3-5-11-15-13-9-7-12(14)8-10-13/h7-10,15H,1-6,11H2. The fourth-order valence-corrected chi connectivity index (χ4v) is 2.09. The third kappa shape index (κ3) is 3.09. The Kier molecular flexibility index (Phi) is 3.97. The van der Waals surface area contributed by atoms with Gasteiger partial charge < -0.3 is 5.32 Å². The minimum Gasteiger partial charge on any atom is -0.385 e. The summed E-state index contributed by atoms with van der Waals surface area (Å²) in [4.78, 5) is 11.8. The Morgan fingerprint density at radius 2 is 1.56 bits per heavy atom. The molecule has 2 aliphatic rings. The summed E-state index contributed by atoms with van der Waals surface area (Å²) in [6.07, 6.45) is 6.65. The second-order valence-electron chi connectivity index (χ2n) is 4.45. The molecule has 0 unspecified atom stereocenters. The number of Topliss-reactive ketones (excluding diaryl/α,β-unsaturated/α-hetero) is 1. The first-order valence-corrected chi connectivity index (χ1v) is 6.23. The fourth-order valence-electron chi connectivity index (χ4n) is 2.09. The van der Waals surface area contributed by atoms with Crippen molar-refractivity contribution in [2.24, 2.45) is 0 Å². The van der Waals surface area contributed by atoms with E-state index in [-0.39, 0.29) is 5.78 Å². The van der Waals surface area contributed by atoms with Gasteiger partial charge in [0.25, 0.3) is 0 Å². The maximum absolute atomic E-state index is 11.8. The van der Waals surface area contributed by atoms with Gasteiger partial charge in [0.2, 0.25) is 0 Å². The molecule has 0 amide bonds. The van der Waals surface area contributed by atoms with E-state index >= 15 is 0 Å².